The Labute approximate surface area is 181 Å². The van der Waals surface area contributed by atoms with Gasteiger partial charge in [-0.15, -0.1) is 11.8 Å². The highest BCUT2D eigenvalue weighted by molar-refractivity contribution is 8.00. The molecule has 30 heavy (non-hydrogen) atoms. The Morgan fingerprint density at radius 2 is 1.83 bits per heavy atom. The number of thioether (sulfide) groups is 1. The molecule has 1 amide bonds. The van der Waals surface area contributed by atoms with Gasteiger partial charge in [0.05, 0.1) is 5.75 Å². The molecule has 0 saturated heterocycles. The molecule has 1 heterocycles. The predicted molar refractivity (Wildman–Crippen MR) is 124 cm³/mol. The monoisotopic (exact) mass is 432 g/mol. The lowest BCUT2D eigenvalue weighted by atomic mass is 10.2. The van der Waals surface area contributed by atoms with Gasteiger partial charge in [-0.05, 0) is 37.3 Å². The number of aromatic amines is 1. The van der Waals surface area contributed by atoms with Gasteiger partial charge < -0.3 is 10.6 Å². The number of H-pyrrole nitrogens is 1. The van der Waals surface area contributed by atoms with E-state index in [2.05, 4.69) is 11.1 Å². The smallest absolute Gasteiger partial charge is 0.330 e. The van der Waals surface area contributed by atoms with Crippen molar-refractivity contribution in [2.24, 2.45) is 11.8 Å². The topological polar surface area (TPSA) is 101 Å². The van der Waals surface area contributed by atoms with E-state index in [4.69, 9.17) is 5.73 Å². The number of rotatable bonds is 8. The van der Waals surface area contributed by atoms with E-state index in [1.54, 1.807) is 0 Å². The summed E-state index contributed by atoms with van der Waals surface area (Å²) in [6.45, 7) is 12.6. The number of hydrogen-bond acceptors (Lipinski definition) is 5. The van der Waals surface area contributed by atoms with Crippen LogP contribution in [-0.4, -0.2) is 27.8 Å². The highest BCUT2D eigenvalue weighted by atomic mass is 32.2. The van der Waals surface area contributed by atoms with Crippen LogP contribution in [0, 0.1) is 25.7 Å². The molecule has 0 bridgehead atoms. The highest BCUT2D eigenvalue weighted by Crippen LogP contribution is 2.25. The Bertz CT molecular complexity index is 1020. The molecule has 0 radical (unpaired) electrons. The first-order valence-electron chi connectivity index (χ1n) is 10.1. The van der Waals surface area contributed by atoms with Gasteiger partial charge >= 0.3 is 5.69 Å². The fourth-order valence-electron chi connectivity index (χ4n) is 3.25. The largest absolute Gasteiger partial charge is 0.383 e. The molecule has 0 spiro atoms. The molecule has 0 saturated carbocycles. The van der Waals surface area contributed by atoms with Gasteiger partial charge in [-0.25, -0.2) is 4.79 Å². The summed E-state index contributed by atoms with van der Waals surface area (Å²) in [6, 6.07) is 6.08. The van der Waals surface area contributed by atoms with Crippen molar-refractivity contribution in [3.8, 4) is 0 Å². The number of carbonyl (C=O) groups excluding carboxylic acids is 1. The molecule has 1 aromatic carbocycles. The molecular weight excluding hydrogens is 400 g/mol. The van der Waals surface area contributed by atoms with E-state index in [0.29, 0.717) is 13.1 Å². The lowest BCUT2D eigenvalue weighted by Gasteiger charge is -2.26. The normalized spacial score (nSPS) is 11.3. The molecule has 3 N–H and O–H groups in total. The fourth-order valence-corrected chi connectivity index (χ4v) is 4.13. The summed E-state index contributed by atoms with van der Waals surface area (Å²) in [7, 11) is 0. The molecular formula is C22H32N4O3S. The van der Waals surface area contributed by atoms with Crippen LogP contribution in [0.3, 0.4) is 0 Å². The van der Waals surface area contributed by atoms with Crippen LogP contribution in [0.5, 0.6) is 0 Å². The second-order valence-electron chi connectivity index (χ2n) is 8.45. The lowest BCUT2D eigenvalue weighted by Crippen LogP contribution is -2.43. The maximum atomic E-state index is 13.2. The van der Waals surface area contributed by atoms with Crippen molar-refractivity contribution in [1.82, 2.24) is 9.55 Å². The summed E-state index contributed by atoms with van der Waals surface area (Å²) < 4.78 is 1.33. The minimum atomic E-state index is -0.636. The zero-order chi connectivity index (χ0) is 22.6. The molecule has 0 aliphatic carbocycles. The Morgan fingerprint density at radius 3 is 2.40 bits per heavy atom. The van der Waals surface area contributed by atoms with Crippen molar-refractivity contribution in [1.29, 1.82) is 0 Å². The number of nitrogen functional groups attached to an aromatic ring is 1. The quantitative estimate of drug-likeness (QED) is 0.624. The number of hydrogen-bond donors (Lipinski definition) is 2. The van der Waals surface area contributed by atoms with Gasteiger partial charge in [0.25, 0.3) is 5.56 Å². The summed E-state index contributed by atoms with van der Waals surface area (Å²) in [5.41, 5.74) is 7.36. The molecule has 7 nitrogen and oxygen atoms in total. The lowest BCUT2D eigenvalue weighted by molar-refractivity contribution is -0.116. The van der Waals surface area contributed by atoms with Crippen molar-refractivity contribution in [2.45, 2.75) is 53.0 Å². The minimum absolute atomic E-state index is 0.0305. The summed E-state index contributed by atoms with van der Waals surface area (Å²) in [5.74, 6) is 0.240. The third-order valence-corrected chi connectivity index (χ3v) is 5.72. The second kappa shape index (κ2) is 10.0. The molecule has 0 aliphatic heterocycles. The first-order chi connectivity index (χ1) is 14.0. The van der Waals surface area contributed by atoms with Crippen molar-refractivity contribution in [3.63, 3.8) is 0 Å². The van der Waals surface area contributed by atoms with Crippen LogP contribution >= 0.6 is 11.8 Å². The third kappa shape index (κ3) is 5.78. The van der Waals surface area contributed by atoms with Crippen LogP contribution < -0.4 is 21.9 Å². The Morgan fingerprint density at radius 1 is 1.17 bits per heavy atom. The van der Waals surface area contributed by atoms with E-state index in [1.165, 1.54) is 21.2 Å². The molecule has 2 aromatic rings. The van der Waals surface area contributed by atoms with Gasteiger partial charge in [-0.3, -0.25) is 19.1 Å². The number of nitrogens with two attached hydrogens (primary N) is 1. The van der Waals surface area contributed by atoms with E-state index in [1.807, 2.05) is 53.7 Å². The van der Waals surface area contributed by atoms with Crippen molar-refractivity contribution in [3.05, 3.63) is 50.2 Å². The molecule has 0 unspecified atom stereocenters. The van der Waals surface area contributed by atoms with Gasteiger partial charge in [-0.2, -0.15) is 0 Å². The van der Waals surface area contributed by atoms with Crippen LogP contribution in [0.15, 0.2) is 32.7 Å². The number of carbonyl (C=O) groups is 1. The summed E-state index contributed by atoms with van der Waals surface area (Å²) in [6.07, 6.45) is 0. The Balaban J connectivity index is 2.40. The predicted octanol–water partition coefficient (Wildman–Crippen LogP) is 3.17. The molecule has 164 valence electrons. The Kier molecular flexibility index (Phi) is 7.95. The average Bonchev–Trinajstić information content (AvgIpc) is 2.62. The van der Waals surface area contributed by atoms with E-state index < -0.39 is 11.2 Å². The first kappa shape index (κ1) is 23.8. The van der Waals surface area contributed by atoms with Gasteiger partial charge in [0.2, 0.25) is 5.91 Å². The number of nitrogens with one attached hydrogen (secondary N) is 1. The SMILES string of the molecule is Cc1ccc(SCC(=O)N(CC(C)C)c2c(N)n(CC(C)C)c(=O)[nH]c2=O)c(C)c1. The molecule has 0 aliphatic rings. The van der Waals surface area contributed by atoms with Gasteiger partial charge in [0.1, 0.15) is 5.82 Å². The minimum Gasteiger partial charge on any atom is -0.383 e. The molecule has 1 aromatic heterocycles. The van der Waals surface area contributed by atoms with Crippen molar-refractivity contribution < 1.29 is 4.79 Å². The standard InChI is InChI=1S/C22H32N4O3S/c1-13(2)10-25(18(27)12-30-17-8-7-15(5)9-16(17)6)19-20(23)26(11-14(3)4)22(29)24-21(19)28/h7-9,13-14H,10-12,23H2,1-6H3,(H,24,28,29). The molecule has 0 atom stereocenters. The molecule has 2 rings (SSSR count). The van der Waals surface area contributed by atoms with Crippen LogP contribution in [0.1, 0.15) is 38.8 Å². The zero-order valence-electron chi connectivity index (χ0n) is 18.6. The van der Waals surface area contributed by atoms with Gasteiger partial charge in [-0.1, -0.05) is 45.4 Å². The van der Waals surface area contributed by atoms with E-state index >= 15 is 0 Å². The van der Waals surface area contributed by atoms with Crippen LogP contribution in [0.2, 0.25) is 0 Å². The maximum Gasteiger partial charge on any atom is 0.330 e. The van der Waals surface area contributed by atoms with Crippen LogP contribution in [-0.2, 0) is 11.3 Å². The summed E-state index contributed by atoms with van der Waals surface area (Å²) in [5, 5.41) is 0. The van der Waals surface area contributed by atoms with Crippen LogP contribution in [0.4, 0.5) is 11.5 Å². The number of amides is 1. The number of nitrogens with zero attached hydrogens (tertiary/aromatic N) is 2. The van der Waals surface area contributed by atoms with Crippen molar-refractivity contribution in [2.75, 3.05) is 22.9 Å². The van der Waals surface area contributed by atoms with E-state index in [9.17, 15) is 14.4 Å². The number of aromatic nitrogens is 2. The van der Waals surface area contributed by atoms with Crippen LogP contribution in [0.25, 0.3) is 0 Å². The number of benzene rings is 1. The number of aryl methyl sites for hydroxylation is 2. The second-order valence-corrected chi connectivity index (χ2v) is 9.47. The van der Waals surface area contributed by atoms with E-state index in [-0.39, 0.29) is 35.0 Å². The molecule has 0 fully saturated rings. The fraction of sp³-hybridized carbons (Fsp3) is 0.500. The summed E-state index contributed by atoms with van der Waals surface area (Å²) >= 11 is 1.43. The van der Waals surface area contributed by atoms with E-state index in [0.717, 1.165) is 16.0 Å². The first-order valence-corrected chi connectivity index (χ1v) is 11.1. The maximum absolute atomic E-state index is 13.2. The third-order valence-electron chi connectivity index (χ3n) is 4.56. The molecule has 8 heteroatoms. The van der Waals surface area contributed by atoms with Gasteiger partial charge in [0, 0.05) is 18.0 Å². The van der Waals surface area contributed by atoms with Crippen molar-refractivity contribution >= 4 is 29.2 Å². The summed E-state index contributed by atoms with van der Waals surface area (Å²) in [4.78, 5) is 42.8. The zero-order valence-corrected chi connectivity index (χ0v) is 19.4. The average molecular weight is 433 g/mol. The highest BCUT2D eigenvalue weighted by Gasteiger charge is 2.25. The Hall–Kier alpha value is -2.48. The number of anilines is 2. The van der Waals surface area contributed by atoms with Gasteiger partial charge in [0.15, 0.2) is 5.69 Å².